The van der Waals surface area contributed by atoms with Crippen LogP contribution in [0.25, 0.3) is 11.3 Å². The Hall–Kier alpha value is -4.17. The van der Waals surface area contributed by atoms with E-state index in [0.717, 1.165) is 11.8 Å². The lowest BCUT2D eigenvalue weighted by molar-refractivity contribution is 0.0303. The third kappa shape index (κ3) is 9.45. The largest absolute Gasteiger partial charge is 0.493 e. The molecule has 13 nitrogen and oxygen atoms in total. The molecule has 0 saturated heterocycles. The summed E-state index contributed by atoms with van der Waals surface area (Å²) in [5.74, 6) is 1.74. The maximum atomic E-state index is 12.3. The van der Waals surface area contributed by atoms with Gasteiger partial charge in [0.25, 0.3) is 10.1 Å². The number of methoxy groups -OCH3 is 2. The number of amides is 1. The summed E-state index contributed by atoms with van der Waals surface area (Å²) < 4.78 is 44.3. The summed E-state index contributed by atoms with van der Waals surface area (Å²) in [7, 11) is 2.85. The van der Waals surface area contributed by atoms with Crippen LogP contribution in [-0.4, -0.2) is 87.6 Å². The molecule has 0 aliphatic heterocycles. The van der Waals surface area contributed by atoms with Gasteiger partial charge in [0.1, 0.15) is 11.4 Å². The first kappa shape index (κ1) is 32.3. The number of benzene rings is 1. The number of likely N-dealkylation sites (N-methyl/N-ethyl adjacent to an activating group) is 2. The van der Waals surface area contributed by atoms with E-state index in [2.05, 4.69) is 20.3 Å². The van der Waals surface area contributed by atoms with Crippen LogP contribution in [0, 0.1) is 0 Å². The van der Waals surface area contributed by atoms with Gasteiger partial charge >= 0.3 is 6.09 Å². The first-order chi connectivity index (χ1) is 19.7. The third-order valence-electron chi connectivity index (χ3n) is 5.80. The predicted molar refractivity (Wildman–Crippen MR) is 160 cm³/mol. The predicted octanol–water partition coefficient (Wildman–Crippen LogP) is 4.08. The molecule has 0 unspecified atom stereocenters. The highest BCUT2D eigenvalue weighted by Crippen LogP contribution is 2.36. The maximum absolute atomic E-state index is 12.3. The summed E-state index contributed by atoms with van der Waals surface area (Å²) in [4.78, 5) is 29.2. The van der Waals surface area contributed by atoms with E-state index in [-0.39, 0.29) is 12.7 Å². The molecule has 2 heterocycles. The van der Waals surface area contributed by atoms with E-state index >= 15 is 0 Å². The molecular formula is C28H38N6O7S. The van der Waals surface area contributed by atoms with Crippen molar-refractivity contribution in [1.82, 2.24) is 19.9 Å². The highest BCUT2D eigenvalue weighted by atomic mass is 32.2. The zero-order valence-corrected chi connectivity index (χ0v) is 26.0. The maximum Gasteiger partial charge on any atom is 0.410 e. The van der Waals surface area contributed by atoms with Crippen LogP contribution in [0.2, 0.25) is 0 Å². The quantitative estimate of drug-likeness (QED) is 0.298. The minimum atomic E-state index is -3.68. The molecule has 1 aromatic carbocycles. The number of anilines is 3. The van der Waals surface area contributed by atoms with Gasteiger partial charge in [-0.05, 0) is 45.0 Å². The summed E-state index contributed by atoms with van der Waals surface area (Å²) in [6.45, 7) is 6.23. The molecule has 228 valence electrons. The number of pyridine rings is 1. The van der Waals surface area contributed by atoms with Crippen LogP contribution in [0.4, 0.5) is 22.2 Å². The van der Waals surface area contributed by atoms with Gasteiger partial charge in [-0.15, -0.1) is 0 Å². The molecule has 0 radical (unpaired) electrons. The number of nitrogens with zero attached hydrogens (tertiary/aromatic N) is 5. The van der Waals surface area contributed by atoms with E-state index in [9.17, 15) is 13.2 Å². The minimum Gasteiger partial charge on any atom is -0.493 e. The summed E-state index contributed by atoms with van der Waals surface area (Å²) in [6.07, 6.45) is 3.90. The standard InChI is InChI=1S/C28H38N6O7S/c1-28(2,3)41-27(35)34(5)14-13-33(4)24-16-19(9-11-29-24)22-10-12-30-26(32-22)31-21-15-20(18-40-42(8,36)37)25(39-7)23(17-21)38-6/h9-12,15-17H,13-14,18H2,1-8H3,(H,30,31,32). The second-order valence-electron chi connectivity index (χ2n) is 10.5. The van der Waals surface area contributed by atoms with Crippen molar-refractivity contribution < 1.29 is 31.6 Å². The van der Waals surface area contributed by atoms with Gasteiger partial charge in [-0.1, -0.05) is 0 Å². The molecule has 0 atom stereocenters. The van der Waals surface area contributed by atoms with Crippen molar-refractivity contribution in [2.45, 2.75) is 33.0 Å². The van der Waals surface area contributed by atoms with Gasteiger partial charge in [0.05, 0.1) is 32.8 Å². The monoisotopic (exact) mass is 602 g/mol. The molecule has 0 aliphatic carbocycles. The second kappa shape index (κ2) is 13.7. The van der Waals surface area contributed by atoms with Gasteiger partial charge < -0.3 is 29.3 Å². The number of carbonyl (C=O) groups is 1. The Bertz CT molecular complexity index is 1490. The zero-order chi connectivity index (χ0) is 31.1. The lowest BCUT2D eigenvalue weighted by atomic mass is 10.1. The number of rotatable bonds is 12. The normalized spacial score (nSPS) is 11.5. The average molecular weight is 603 g/mol. The van der Waals surface area contributed by atoms with Crippen LogP contribution in [0.3, 0.4) is 0 Å². The summed E-state index contributed by atoms with van der Waals surface area (Å²) in [5.41, 5.74) is 1.90. The van der Waals surface area contributed by atoms with E-state index in [1.165, 1.54) is 19.1 Å². The van der Waals surface area contributed by atoms with Crippen molar-refractivity contribution in [3.63, 3.8) is 0 Å². The molecule has 0 spiro atoms. The topological polar surface area (TPSA) is 145 Å². The minimum absolute atomic E-state index is 0.240. The number of nitrogens with one attached hydrogen (secondary N) is 1. The van der Waals surface area contributed by atoms with Gasteiger partial charge in [0, 0.05) is 62.5 Å². The summed E-state index contributed by atoms with van der Waals surface area (Å²) >= 11 is 0. The number of ether oxygens (including phenoxy) is 3. The van der Waals surface area contributed by atoms with Crippen molar-refractivity contribution in [3.8, 4) is 22.8 Å². The first-order valence-electron chi connectivity index (χ1n) is 13.0. The van der Waals surface area contributed by atoms with E-state index in [4.69, 9.17) is 18.4 Å². The van der Waals surface area contributed by atoms with Crippen LogP contribution < -0.4 is 19.7 Å². The van der Waals surface area contributed by atoms with E-state index in [0.29, 0.717) is 53.3 Å². The smallest absolute Gasteiger partial charge is 0.410 e. The number of aromatic nitrogens is 3. The van der Waals surface area contributed by atoms with Gasteiger partial charge in [-0.25, -0.2) is 19.7 Å². The van der Waals surface area contributed by atoms with Crippen LogP contribution in [0.1, 0.15) is 26.3 Å². The fourth-order valence-corrected chi connectivity index (χ4v) is 4.08. The van der Waals surface area contributed by atoms with Gasteiger partial charge in [0.2, 0.25) is 5.95 Å². The molecule has 0 bridgehead atoms. The molecule has 1 amide bonds. The fraction of sp³-hybridized carbons (Fsp3) is 0.429. The Morgan fingerprint density at radius 1 is 1.00 bits per heavy atom. The van der Waals surface area contributed by atoms with Crippen LogP contribution in [-0.2, 0) is 25.6 Å². The summed E-state index contributed by atoms with van der Waals surface area (Å²) in [6, 6.07) is 8.88. The average Bonchev–Trinajstić information content (AvgIpc) is 2.93. The van der Waals surface area contributed by atoms with Gasteiger partial charge in [0.15, 0.2) is 11.5 Å². The molecule has 0 saturated carbocycles. The van der Waals surface area contributed by atoms with Crippen molar-refractivity contribution in [1.29, 1.82) is 0 Å². The third-order valence-corrected chi connectivity index (χ3v) is 6.35. The van der Waals surface area contributed by atoms with E-state index < -0.39 is 15.7 Å². The fourth-order valence-electron chi connectivity index (χ4n) is 3.73. The van der Waals surface area contributed by atoms with E-state index in [1.54, 1.807) is 37.6 Å². The number of hydrogen-bond donors (Lipinski definition) is 1. The lowest BCUT2D eigenvalue weighted by Gasteiger charge is -2.26. The SMILES string of the molecule is COc1cc(Nc2nccc(-c3ccnc(N(C)CCN(C)C(=O)OC(C)(C)C)c3)n2)cc(COS(C)(=O)=O)c1OC. The molecule has 3 aromatic rings. The van der Waals surface area contributed by atoms with Crippen LogP contribution in [0.15, 0.2) is 42.7 Å². The highest BCUT2D eigenvalue weighted by molar-refractivity contribution is 7.85. The van der Waals surface area contributed by atoms with Crippen LogP contribution in [0.5, 0.6) is 11.5 Å². The zero-order valence-electron chi connectivity index (χ0n) is 25.2. The molecular weight excluding hydrogens is 564 g/mol. The summed E-state index contributed by atoms with van der Waals surface area (Å²) in [5, 5.41) is 3.14. The Kier molecular flexibility index (Phi) is 10.5. The molecule has 2 aromatic heterocycles. The highest BCUT2D eigenvalue weighted by Gasteiger charge is 2.20. The van der Waals surface area contributed by atoms with Crippen molar-refractivity contribution in [3.05, 3.63) is 48.3 Å². The Balaban J connectivity index is 1.77. The Morgan fingerprint density at radius 2 is 1.71 bits per heavy atom. The number of hydrogen-bond acceptors (Lipinski definition) is 12. The van der Waals surface area contributed by atoms with Gasteiger partial charge in [-0.2, -0.15) is 8.42 Å². The van der Waals surface area contributed by atoms with Crippen molar-refractivity contribution in [2.24, 2.45) is 0 Å². The van der Waals surface area contributed by atoms with Crippen LogP contribution >= 0.6 is 0 Å². The molecule has 1 N–H and O–H groups in total. The Morgan fingerprint density at radius 3 is 2.36 bits per heavy atom. The van der Waals surface area contributed by atoms with Crippen molar-refractivity contribution >= 4 is 33.7 Å². The Labute approximate surface area is 246 Å². The lowest BCUT2D eigenvalue weighted by Crippen LogP contribution is -2.38. The molecule has 0 fully saturated rings. The second-order valence-corrected chi connectivity index (χ2v) is 12.1. The van der Waals surface area contributed by atoms with Crippen molar-refractivity contribution in [2.75, 3.05) is 57.9 Å². The molecule has 3 rings (SSSR count). The molecule has 14 heteroatoms. The molecule has 42 heavy (non-hydrogen) atoms. The number of carbonyl (C=O) groups excluding carboxylic acids is 1. The molecule has 0 aliphatic rings. The van der Waals surface area contributed by atoms with Gasteiger partial charge in [-0.3, -0.25) is 4.18 Å². The first-order valence-corrected chi connectivity index (χ1v) is 14.8. The van der Waals surface area contributed by atoms with E-state index in [1.807, 2.05) is 44.9 Å².